The summed E-state index contributed by atoms with van der Waals surface area (Å²) in [5.41, 5.74) is 1.20. The van der Waals surface area contributed by atoms with Crippen LogP contribution in [-0.4, -0.2) is 44.3 Å². The first-order valence-corrected chi connectivity index (χ1v) is 7.26. The van der Waals surface area contributed by atoms with Crippen molar-refractivity contribution in [3.8, 4) is 0 Å². The minimum absolute atomic E-state index is 0.658. The van der Waals surface area contributed by atoms with Gasteiger partial charge in [0.2, 0.25) is 0 Å². The summed E-state index contributed by atoms with van der Waals surface area (Å²) in [6.07, 6.45) is 5.90. The van der Waals surface area contributed by atoms with E-state index in [1.807, 2.05) is 6.07 Å². The van der Waals surface area contributed by atoms with Crippen molar-refractivity contribution < 1.29 is 9.15 Å². The van der Waals surface area contributed by atoms with E-state index in [1.54, 1.807) is 19.6 Å². The number of furan rings is 1. The molecular weight excluding hydrogens is 240 g/mol. The van der Waals surface area contributed by atoms with Crippen LogP contribution in [0.5, 0.6) is 0 Å². The third-order valence-electron chi connectivity index (χ3n) is 3.53. The van der Waals surface area contributed by atoms with E-state index >= 15 is 0 Å². The van der Waals surface area contributed by atoms with Crippen LogP contribution in [0.3, 0.4) is 0 Å². The third-order valence-corrected chi connectivity index (χ3v) is 3.53. The molecule has 0 amide bonds. The number of methoxy groups -OCH3 is 1. The second-order valence-corrected chi connectivity index (χ2v) is 4.81. The van der Waals surface area contributed by atoms with Gasteiger partial charge >= 0.3 is 0 Å². The van der Waals surface area contributed by atoms with Gasteiger partial charge in [-0.15, -0.1) is 0 Å². The molecule has 4 heteroatoms. The Bertz CT molecular complexity index is 297. The van der Waals surface area contributed by atoms with E-state index in [0.717, 1.165) is 32.8 Å². The lowest BCUT2D eigenvalue weighted by atomic mass is 10.1. The minimum atomic E-state index is 0.658. The maximum atomic E-state index is 5.20. The van der Waals surface area contributed by atoms with Crippen LogP contribution in [-0.2, 0) is 11.3 Å². The van der Waals surface area contributed by atoms with Crippen LogP contribution < -0.4 is 5.32 Å². The maximum absolute atomic E-state index is 5.20. The lowest BCUT2D eigenvalue weighted by Crippen LogP contribution is -2.41. The predicted octanol–water partition coefficient (Wildman–Crippen LogP) is 2.51. The van der Waals surface area contributed by atoms with Gasteiger partial charge in [-0.1, -0.05) is 13.8 Å². The van der Waals surface area contributed by atoms with Gasteiger partial charge in [-0.2, -0.15) is 0 Å². The highest BCUT2D eigenvalue weighted by molar-refractivity contribution is 5.04. The summed E-state index contributed by atoms with van der Waals surface area (Å²) >= 11 is 0. The number of hydrogen-bond acceptors (Lipinski definition) is 4. The third kappa shape index (κ3) is 6.23. The number of rotatable bonds is 11. The zero-order valence-corrected chi connectivity index (χ0v) is 12.5. The second kappa shape index (κ2) is 10.0. The molecule has 110 valence electrons. The van der Waals surface area contributed by atoms with Crippen LogP contribution >= 0.6 is 0 Å². The molecule has 0 unspecified atom stereocenters. The standard InChI is InChI=1S/C15H28N2O2/c1-4-15(5-2)17(9-11-18-3)8-7-16-12-14-6-10-19-13-14/h6,10,13,15-16H,4-5,7-9,11-12H2,1-3H3. The van der Waals surface area contributed by atoms with Gasteiger partial charge in [-0.05, 0) is 18.9 Å². The molecule has 0 aromatic carbocycles. The Morgan fingerprint density at radius 1 is 1.32 bits per heavy atom. The summed E-state index contributed by atoms with van der Waals surface area (Å²) < 4.78 is 10.3. The van der Waals surface area contributed by atoms with Crippen molar-refractivity contribution in [2.75, 3.05) is 33.4 Å². The van der Waals surface area contributed by atoms with Crippen LogP contribution in [0.4, 0.5) is 0 Å². The molecule has 0 saturated carbocycles. The molecule has 0 aliphatic carbocycles. The first kappa shape index (κ1) is 16.2. The summed E-state index contributed by atoms with van der Waals surface area (Å²) in [5.74, 6) is 0. The van der Waals surface area contributed by atoms with Gasteiger partial charge in [-0.3, -0.25) is 4.90 Å². The molecule has 0 fully saturated rings. The lowest BCUT2D eigenvalue weighted by molar-refractivity contribution is 0.116. The number of hydrogen-bond donors (Lipinski definition) is 1. The first-order chi connectivity index (χ1) is 9.31. The molecule has 0 spiro atoms. The van der Waals surface area contributed by atoms with E-state index < -0.39 is 0 Å². The van der Waals surface area contributed by atoms with E-state index in [9.17, 15) is 0 Å². The molecule has 1 rings (SSSR count). The predicted molar refractivity (Wildman–Crippen MR) is 78.2 cm³/mol. The fourth-order valence-electron chi connectivity index (χ4n) is 2.34. The monoisotopic (exact) mass is 268 g/mol. The van der Waals surface area contributed by atoms with Gasteiger partial charge in [0.1, 0.15) is 0 Å². The normalized spacial score (nSPS) is 11.6. The number of ether oxygens (including phenoxy) is 1. The fraction of sp³-hybridized carbons (Fsp3) is 0.733. The van der Waals surface area contributed by atoms with Gasteiger partial charge in [0, 0.05) is 44.9 Å². The van der Waals surface area contributed by atoms with E-state index in [-0.39, 0.29) is 0 Å². The summed E-state index contributed by atoms with van der Waals surface area (Å²) in [6.45, 7) is 9.25. The Balaban J connectivity index is 2.26. The smallest absolute Gasteiger partial charge is 0.0947 e. The van der Waals surface area contributed by atoms with E-state index in [0.29, 0.717) is 6.04 Å². The number of nitrogens with zero attached hydrogens (tertiary/aromatic N) is 1. The Hall–Kier alpha value is -0.840. The Labute approximate surface area is 117 Å². The highest BCUT2D eigenvalue weighted by Crippen LogP contribution is 2.07. The molecule has 0 aliphatic heterocycles. The molecule has 1 aromatic rings. The van der Waals surface area contributed by atoms with Crippen LogP contribution in [0.15, 0.2) is 23.0 Å². The Morgan fingerprint density at radius 3 is 2.68 bits per heavy atom. The van der Waals surface area contributed by atoms with Crippen LogP contribution in [0, 0.1) is 0 Å². The summed E-state index contributed by atoms with van der Waals surface area (Å²) in [5, 5.41) is 3.46. The Kier molecular flexibility index (Phi) is 8.54. The van der Waals surface area contributed by atoms with E-state index in [2.05, 4.69) is 24.1 Å². The molecule has 4 nitrogen and oxygen atoms in total. The van der Waals surface area contributed by atoms with Gasteiger partial charge < -0.3 is 14.5 Å². The van der Waals surface area contributed by atoms with Crippen LogP contribution in [0.2, 0.25) is 0 Å². The highest BCUT2D eigenvalue weighted by atomic mass is 16.5. The van der Waals surface area contributed by atoms with Crippen molar-refractivity contribution in [1.29, 1.82) is 0 Å². The van der Waals surface area contributed by atoms with E-state index in [1.165, 1.54) is 18.4 Å². The fourth-order valence-corrected chi connectivity index (χ4v) is 2.34. The van der Waals surface area contributed by atoms with Crippen molar-refractivity contribution in [1.82, 2.24) is 10.2 Å². The average molecular weight is 268 g/mol. The number of nitrogens with one attached hydrogen (secondary N) is 1. The average Bonchev–Trinajstić information content (AvgIpc) is 2.94. The summed E-state index contributed by atoms with van der Waals surface area (Å²) in [6, 6.07) is 2.65. The molecule has 0 saturated heterocycles. The largest absolute Gasteiger partial charge is 0.472 e. The topological polar surface area (TPSA) is 37.6 Å². The summed E-state index contributed by atoms with van der Waals surface area (Å²) in [4.78, 5) is 2.52. The van der Waals surface area contributed by atoms with Crippen molar-refractivity contribution in [2.45, 2.75) is 39.3 Å². The van der Waals surface area contributed by atoms with Crippen molar-refractivity contribution in [3.63, 3.8) is 0 Å². The highest BCUT2D eigenvalue weighted by Gasteiger charge is 2.13. The zero-order chi connectivity index (χ0) is 13.9. The van der Waals surface area contributed by atoms with Crippen LogP contribution in [0.1, 0.15) is 32.3 Å². The SMILES string of the molecule is CCC(CC)N(CCNCc1ccoc1)CCOC. The van der Waals surface area contributed by atoms with Gasteiger partial charge in [-0.25, -0.2) is 0 Å². The van der Waals surface area contributed by atoms with Crippen molar-refractivity contribution >= 4 is 0 Å². The van der Waals surface area contributed by atoms with Gasteiger partial charge in [0.15, 0.2) is 0 Å². The lowest BCUT2D eigenvalue weighted by Gasteiger charge is -2.30. The molecular formula is C15H28N2O2. The zero-order valence-electron chi connectivity index (χ0n) is 12.5. The molecule has 0 aliphatic rings. The molecule has 19 heavy (non-hydrogen) atoms. The van der Waals surface area contributed by atoms with Gasteiger partial charge in [0.25, 0.3) is 0 Å². The molecule has 1 N–H and O–H groups in total. The summed E-state index contributed by atoms with van der Waals surface area (Å²) in [7, 11) is 1.77. The van der Waals surface area contributed by atoms with Crippen LogP contribution in [0.25, 0.3) is 0 Å². The first-order valence-electron chi connectivity index (χ1n) is 7.26. The minimum Gasteiger partial charge on any atom is -0.472 e. The second-order valence-electron chi connectivity index (χ2n) is 4.81. The molecule has 0 atom stereocenters. The quantitative estimate of drug-likeness (QED) is 0.626. The van der Waals surface area contributed by atoms with Crippen molar-refractivity contribution in [3.05, 3.63) is 24.2 Å². The molecule has 1 heterocycles. The molecule has 0 bridgehead atoms. The van der Waals surface area contributed by atoms with Crippen molar-refractivity contribution in [2.24, 2.45) is 0 Å². The molecule has 1 aromatic heterocycles. The molecule has 0 radical (unpaired) electrons. The van der Waals surface area contributed by atoms with E-state index in [4.69, 9.17) is 9.15 Å². The maximum Gasteiger partial charge on any atom is 0.0947 e. The van der Waals surface area contributed by atoms with Gasteiger partial charge in [0.05, 0.1) is 19.1 Å². The Morgan fingerprint density at radius 2 is 2.11 bits per heavy atom.